The summed E-state index contributed by atoms with van der Waals surface area (Å²) in [4.78, 5) is 0. The molecule has 0 aromatic rings. The number of hydrogen-bond donors (Lipinski definition) is 0. The summed E-state index contributed by atoms with van der Waals surface area (Å²) < 4.78 is 5.52. The molecule has 1 aliphatic heterocycles. The summed E-state index contributed by atoms with van der Waals surface area (Å²) in [6, 6.07) is 0. The first-order valence-corrected chi connectivity index (χ1v) is 3.95. The molecule has 0 N–H and O–H groups in total. The van der Waals surface area contributed by atoms with Crippen molar-refractivity contribution in [1.82, 2.24) is 0 Å². The van der Waals surface area contributed by atoms with Gasteiger partial charge in [0.05, 0.1) is 12.2 Å². The molecule has 1 heteroatoms. The average Bonchev–Trinajstić information content (AvgIpc) is 1.82. The normalized spacial score (nSPS) is 49.7. The molecule has 52 valence electrons. The van der Waals surface area contributed by atoms with E-state index < -0.39 is 0 Å². The smallest absolute Gasteiger partial charge is 0.0704 e. The number of rotatable bonds is 0. The van der Waals surface area contributed by atoms with Gasteiger partial charge >= 0.3 is 0 Å². The average molecular weight is 126 g/mol. The maximum absolute atomic E-state index is 5.52. The molecule has 0 aromatic carbocycles. The van der Waals surface area contributed by atoms with Gasteiger partial charge in [0.2, 0.25) is 0 Å². The maximum atomic E-state index is 5.52. The van der Waals surface area contributed by atoms with Crippen molar-refractivity contribution in [3.8, 4) is 0 Å². The summed E-state index contributed by atoms with van der Waals surface area (Å²) in [5, 5.41) is 0. The predicted molar refractivity (Wildman–Crippen MR) is 36.3 cm³/mol. The molecule has 1 heterocycles. The van der Waals surface area contributed by atoms with Gasteiger partial charge in [-0.2, -0.15) is 0 Å². The molecule has 1 saturated heterocycles. The Kier molecular flexibility index (Phi) is 1.10. The molecule has 1 unspecified atom stereocenters. The van der Waals surface area contributed by atoms with Crippen molar-refractivity contribution in [2.75, 3.05) is 6.61 Å². The maximum Gasteiger partial charge on any atom is 0.0704 e. The van der Waals surface area contributed by atoms with Gasteiger partial charge in [0, 0.05) is 5.92 Å². The van der Waals surface area contributed by atoms with Gasteiger partial charge in [-0.15, -0.1) is 0 Å². The first-order valence-electron chi connectivity index (χ1n) is 3.95. The molecule has 0 bridgehead atoms. The van der Waals surface area contributed by atoms with Crippen LogP contribution in [0.15, 0.2) is 0 Å². The topological polar surface area (TPSA) is 9.23 Å². The molecule has 9 heavy (non-hydrogen) atoms. The van der Waals surface area contributed by atoms with E-state index in [9.17, 15) is 0 Å². The van der Waals surface area contributed by atoms with Gasteiger partial charge in [0.25, 0.3) is 0 Å². The van der Waals surface area contributed by atoms with E-state index in [4.69, 9.17) is 4.74 Å². The molecule has 0 spiro atoms. The monoisotopic (exact) mass is 126 g/mol. The molecule has 2 rings (SSSR count). The molecule has 2 atom stereocenters. The Morgan fingerprint density at radius 3 is 2.67 bits per heavy atom. The minimum absolute atomic E-state index is 0.318. The molecular formula is C8H14O. The van der Waals surface area contributed by atoms with Crippen LogP contribution in [0.25, 0.3) is 0 Å². The molecule has 1 nitrogen and oxygen atoms in total. The largest absolute Gasteiger partial charge is 0.375 e. The Morgan fingerprint density at radius 2 is 2.33 bits per heavy atom. The first kappa shape index (κ1) is 5.72. The van der Waals surface area contributed by atoms with Gasteiger partial charge in [0.1, 0.15) is 0 Å². The van der Waals surface area contributed by atoms with Crippen molar-refractivity contribution in [1.29, 1.82) is 0 Å². The predicted octanol–water partition coefficient (Wildman–Crippen LogP) is 1.97. The Morgan fingerprint density at radius 1 is 1.44 bits per heavy atom. The van der Waals surface area contributed by atoms with Gasteiger partial charge in [-0.1, -0.05) is 12.8 Å². The van der Waals surface area contributed by atoms with E-state index in [2.05, 4.69) is 6.92 Å². The summed E-state index contributed by atoms with van der Waals surface area (Å²) in [7, 11) is 0. The van der Waals surface area contributed by atoms with Gasteiger partial charge in [-0.25, -0.2) is 0 Å². The van der Waals surface area contributed by atoms with E-state index in [1.165, 1.54) is 25.7 Å². The van der Waals surface area contributed by atoms with Crippen LogP contribution in [0, 0.1) is 5.92 Å². The van der Waals surface area contributed by atoms with Gasteiger partial charge in [-0.3, -0.25) is 0 Å². The van der Waals surface area contributed by atoms with Crippen molar-refractivity contribution >= 4 is 0 Å². The second-order valence-electron chi connectivity index (χ2n) is 3.57. The number of ether oxygens (including phenoxy) is 1. The van der Waals surface area contributed by atoms with E-state index in [0.717, 1.165) is 12.5 Å². The van der Waals surface area contributed by atoms with Crippen molar-refractivity contribution in [3.05, 3.63) is 0 Å². The van der Waals surface area contributed by atoms with E-state index >= 15 is 0 Å². The fraction of sp³-hybridized carbons (Fsp3) is 1.00. The second-order valence-corrected chi connectivity index (χ2v) is 3.57. The number of fused-ring (bicyclic) bond motifs is 1. The summed E-state index contributed by atoms with van der Waals surface area (Å²) in [6.45, 7) is 3.30. The molecule has 0 radical (unpaired) electrons. The lowest BCUT2D eigenvalue weighted by Gasteiger charge is -2.50. The van der Waals surface area contributed by atoms with Crippen molar-refractivity contribution in [3.63, 3.8) is 0 Å². The fourth-order valence-corrected chi connectivity index (χ4v) is 2.02. The molecule has 1 aliphatic carbocycles. The van der Waals surface area contributed by atoms with Crippen LogP contribution in [0.2, 0.25) is 0 Å². The quantitative estimate of drug-likeness (QED) is 0.482. The van der Waals surface area contributed by atoms with Crippen molar-refractivity contribution < 1.29 is 4.74 Å². The third kappa shape index (κ3) is 0.710. The third-order valence-corrected chi connectivity index (χ3v) is 2.95. The Labute approximate surface area is 56.4 Å². The molecule has 0 amide bonds. The zero-order valence-corrected chi connectivity index (χ0v) is 6.02. The number of hydrogen-bond acceptors (Lipinski definition) is 1. The summed E-state index contributed by atoms with van der Waals surface area (Å²) in [5.74, 6) is 0.909. The highest BCUT2D eigenvalue weighted by atomic mass is 16.5. The van der Waals surface area contributed by atoms with Crippen LogP contribution in [0.3, 0.4) is 0 Å². The van der Waals surface area contributed by atoms with E-state index in [1.54, 1.807) is 0 Å². The summed E-state index contributed by atoms with van der Waals surface area (Å²) in [5.41, 5.74) is 0.318. The van der Waals surface area contributed by atoms with Gasteiger partial charge in [0.15, 0.2) is 0 Å². The lowest BCUT2D eigenvalue weighted by atomic mass is 9.73. The Bertz CT molecular complexity index is 122. The molecule has 2 aliphatic rings. The summed E-state index contributed by atoms with van der Waals surface area (Å²) in [6.07, 6.45) is 5.53. The van der Waals surface area contributed by atoms with Crippen LogP contribution in [0.4, 0.5) is 0 Å². The van der Waals surface area contributed by atoms with Crippen LogP contribution in [0.5, 0.6) is 0 Å². The minimum Gasteiger partial charge on any atom is -0.375 e. The zero-order chi connectivity index (χ0) is 6.32. The minimum atomic E-state index is 0.318. The van der Waals surface area contributed by atoms with E-state index in [-0.39, 0.29) is 0 Å². The molecular weight excluding hydrogens is 112 g/mol. The van der Waals surface area contributed by atoms with Gasteiger partial charge in [-0.05, 0) is 19.8 Å². The van der Waals surface area contributed by atoms with Crippen molar-refractivity contribution in [2.24, 2.45) is 5.92 Å². The standard InChI is InChI=1S/C8H14O/c1-8-5-3-2-4-7(8)6-9-8/h7H,2-6H2,1H3/t7-,8?/m1/s1. The van der Waals surface area contributed by atoms with Crippen molar-refractivity contribution in [2.45, 2.75) is 38.2 Å². The van der Waals surface area contributed by atoms with Crippen LogP contribution in [0.1, 0.15) is 32.6 Å². The van der Waals surface area contributed by atoms with Gasteiger partial charge < -0.3 is 4.74 Å². The van der Waals surface area contributed by atoms with Crippen LogP contribution < -0.4 is 0 Å². The molecule has 0 aromatic heterocycles. The van der Waals surface area contributed by atoms with Crippen LogP contribution in [-0.2, 0) is 4.74 Å². The van der Waals surface area contributed by atoms with Crippen LogP contribution in [-0.4, -0.2) is 12.2 Å². The fourth-order valence-electron chi connectivity index (χ4n) is 2.02. The highest BCUT2D eigenvalue weighted by Crippen LogP contribution is 2.43. The molecule has 2 fully saturated rings. The Hall–Kier alpha value is -0.0400. The van der Waals surface area contributed by atoms with Crippen LogP contribution >= 0.6 is 0 Å². The Balaban J connectivity index is 2.05. The third-order valence-electron chi connectivity index (χ3n) is 2.95. The lowest BCUT2D eigenvalue weighted by Crippen LogP contribution is -2.52. The second kappa shape index (κ2) is 1.72. The lowest BCUT2D eigenvalue weighted by molar-refractivity contribution is -0.210. The summed E-state index contributed by atoms with van der Waals surface area (Å²) >= 11 is 0. The zero-order valence-electron chi connectivity index (χ0n) is 6.02. The highest BCUT2D eigenvalue weighted by Gasteiger charge is 2.45. The van der Waals surface area contributed by atoms with E-state index in [1.807, 2.05) is 0 Å². The molecule has 1 saturated carbocycles. The van der Waals surface area contributed by atoms with E-state index in [0.29, 0.717) is 5.60 Å². The highest BCUT2D eigenvalue weighted by molar-refractivity contribution is 4.94. The SMILES string of the molecule is CC12CCCC[C@@H]1CO2. The first-order chi connectivity index (χ1) is 4.31.